The first kappa shape index (κ1) is 27.2. The van der Waals surface area contributed by atoms with Crippen LogP contribution in [0, 0.1) is 5.82 Å². The van der Waals surface area contributed by atoms with Gasteiger partial charge in [-0.25, -0.2) is 19.2 Å². The molecule has 1 unspecified atom stereocenters. The molecule has 10 heteroatoms. The lowest BCUT2D eigenvalue weighted by atomic mass is 10.0. The van der Waals surface area contributed by atoms with Crippen LogP contribution >= 0.6 is 0 Å². The maximum Gasteiger partial charge on any atom is 0.410 e. The van der Waals surface area contributed by atoms with Crippen molar-refractivity contribution in [2.75, 3.05) is 31.1 Å². The molecule has 1 aliphatic heterocycles. The van der Waals surface area contributed by atoms with Crippen molar-refractivity contribution in [2.45, 2.75) is 64.4 Å². The predicted octanol–water partition coefficient (Wildman–Crippen LogP) is 4.01. The van der Waals surface area contributed by atoms with Gasteiger partial charge in [0.1, 0.15) is 16.2 Å². The molecule has 0 bridgehead atoms. The number of halogens is 1. The van der Waals surface area contributed by atoms with Crippen LogP contribution in [0.25, 0.3) is 0 Å². The fraction of sp³-hybridized carbons (Fsp3) is 0.560. The number of aromatic nitrogens is 2. The molecule has 192 valence electrons. The summed E-state index contributed by atoms with van der Waals surface area (Å²) in [7, 11) is 0. The molecular weight excluding hydrogens is 469 g/mol. The fourth-order valence-electron chi connectivity index (χ4n) is 3.50. The van der Waals surface area contributed by atoms with Crippen LogP contribution in [0.1, 0.15) is 58.7 Å². The van der Waals surface area contributed by atoms with Gasteiger partial charge in [0.2, 0.25) is 5.95 Å². The lowest BCUT2D eigenvalue weighted by Crippen LogP contribution is -2.50. The Balaban J connectivity index is 1.64. The lowest BCUT2D eigenvalue weighted by molar-refractivity contribution is 0.0240. The Labute approximate surface area is 210 Å². The Morgan fingerprint density at radius 3 is 2.17 bits per heavy atom. The van der Waals surface area contributed by atoms with Crippen LogP contribution in [-0.2, 0) is 22.5 Å². The molecule has 35 heavy (non-hydrogen) atoms. The molecule has 1 fully saturated rings. The summed E-state index contributed by atoms with van der Waals surface area (Å²) in [6.45, 7) is 13.6. The molecule has 1 saturated heterocycles. The van der Waals surface area contributed by atoms with E-state index in [0.717, 1.165) is 11.1 Å². The molecule has 8 nitrogen and oxygen atoms in total. The normalized spacial score (nSPS) is 16.7. The number of hydrogen-bond donors (Lipinski definition) is 1. The van der Waals surface area contributed by atoms with Gasteiger partial charge < -0.3 is 19.1 Å². The highest BCUT2D eigenvalue weighted by Gasteiger charge is 2.30. The van der Waals surface area contributed by atoms with Crippen LogP contribution in [0.5, 0.6) is 0 Å². The Bertz CT molecular complexity index is 969. The van der Waals surface area contributed by atoms with Crippen molar-refractivity contribution in [1.29, 1.82) is 0 Å². The van der Waals surface area contributed by atoms with E-state index < -0.39 is 21.7 Å². The molecular formula is C25H36FN5O3S. The highest BCUT2D eigenvalue weighted by Crippen LogP contribution is 2.24. The molecule has 1 N–H and O–H groups in total. The number of carbonyl (C=O) groups excluding carboxylic acids is 1. The third-order valence-electron chi connectivity index (χ3n) is 5.42. The first-order chi connectivity index (χ1) is 16.3. The summed E-state index contributed by atoms with van der Waals surface area (Å²) < 4.78 is 34.4. The molecule has 2 heterocycles. The number of hydrogen-bond acceptors (Lipinski definition) is 7. The SMILES string of the molecule is CC(C)(C)OC(=O)N1CCN(c2ncc(C[C@H](N[S+]([O-])C(C)(C)C)c3ccc(F)cc3)cn2)CC1. The van der Waals surface area contributed by atoms with E-state index in [1.807, 2.05) is 46.4 Å². The van der Waals surface area contributed by atoms with Crippen molar-refractivity contribution < 1.29 is 18.5 Å². The smallest absolute Gasteiger partial charge is 0.410 e. The lowest BCUT2D eigenvalue weighted by Gasteiger charge is -2.35. The molecule has 1 aromatic carbocycles. The van der Waals surface area contributed by atoms with Crippen LogP contribution in [-0.4, -0.2) is 62.0 Å². The number of benzene rings is 1. The number of ether oxygens (including phenoxy) is 1. The topological polar surface area (TPSA) is 93.7 Å². The average molecular weight is 506 g/mol. The van der Waals surface area contributed by atoms with Crippen molar-refractivity contribution in [2.24, 2.45) is 0 Å². The molecule has 0 spiro atoms. The van der Waals surface area contributed by atoms with Gasteiger partial charge in [0, 0.05) is 49.9 Å². The van der Waals surface area contributed by atoms with Crippen molar-refractivity contribution in [3.05, 3.63) is 53.6 Å². The van der Waals surface area contributed by atoms with Crippen molar-refractivity contribution >= 4 is 23.4 Å². The quantitative estimate of drug-likeness (QED) is 0.593. The minimum absolute atomic E-state index is 0.289. The second kappa shape index (κ2) is 11.1. The third-order valence-corrected chi connectivity index (χ3v) is 7.03. The van der Waals surface area contributed by atoms with E-state index in [2.05, 4.69) is 14.7 Å². The first-order valence-corrected chi connectivity index (χ1v) is 12.9. The zero-order valence-electron chi connectivity index (χ0n) is 21.4. The number of rotatable bonds is 6. The number of nitrogens with zero attached hydrogens (tertiary/aromatic N) is 4. The largest absolute Gasteiger partial charge is 0.598 e. The maximum atomic E-state index is 13.5. The summed E-state index contributed by atoms with van der Waals surface area (Å²) >= 11 is -1.30. The summed E-state index contributed by atoms with van der Waals surface area (Å²) in [4.78, 5) is 25.1. The summed E-state index contributed by atoms with van der Waals surface area (Å²) in [6, 6.07) is 5.92. The minimum atomic E-state index is -1.30. The number of anilines is 1. The number of nitrogens with one attached hydrogen (secondary N) is 1. The van der Waals surface area contributed by atoms with Crippen LogP contribution in [0.4, 0.5) is 15.1 Å². The highest BCUT2D eigenvalue weighted by atomic mass is 32.2. The van der Waals surface area contributed by atoms with E-state index >= 15 is 0 Å². The van der Waals surface area contributed by atoms with Gasteiger partial charge in [-0.3, -0.25) is 0 Å². The fourth-order valence-corrected chi connectivity index (χ4v) is 4.33. The van der Waals surface area contributed by atoms with Gasteiger partial charge in [-0.05, 0) is 71.2 Å². The van der Waals surface area contributed by atoms with Gasteiger partial charge in [0.05, 0.1) is 6.04 Å². The van der Waals surface area contributed by atoms with Gasteiger partial charge in [0.15, 0.2) is 0 Å². The second-order valence-corrected chi connectivity index (χ2v) is 12.7. The zero-order valence-corrected chi connectivity index (χ0v) is 22.2. The summed E-state index contributed by atoms with van der Waals surface area (Å²) in [5.41, 5.74) is 1.19. The molecule has 3 rings (SSSR count). The van der Waals surface area contributed by atoms with Gasteiger partial charge in [-0.15, -0.1) is 4.72 Å². The van der Waals surface area contributed by atoms with E-state index in [4.69, 9.17) is 4.74 Å². The van der Waals surface area contributed by atoms with E-state index in [9.17, 15) is 13.7 Å². The van der Waals surface area contributed by atoms with Crippen LogP contribution < -0.4 is 9.62 Å². The molecule has 0 aliphatic carbocycles. The summed E-state index contributed by atoms with van der Waals surface area (Å²) in [5.74, 6) is 0.283. The summed E-state index contributed by atoms with van der Waals surface area (Å²) in [6.07, 6.45) is 3.72. The second-order valence-electron chi connectivity index (χ2n) is 10.7. The van der Waals surface area contributed by atoms with Gasteiger partial charge >= 0.3 is 6.09 Å². The number of piperazine rings is 1. The number of amides is 1. The van der Waals surface area contributed by atoms with E-state index in [1.54, 1.807) is 29.4 Å². The van der Waals surface area contributed by atoms with Crippen molar-refractivity contribution in [1.82, 2.24) is 19.6 Å². The van der Waals surface area contributed by atoms with Crippen molar-refractivity contribution in [3.63, 3.8) is 0 Å². The average Bonchev–Trinajstić information content (AvgIpc) is 2.78. The standard InChI is InChI=1S/C25H36FN5O3S/c1-24(2,3)34-23(32)31-13-11-30(12-14-31)22-27-16-18(17-28-22)15-21(29-35(33)25(4,5)6)19-7-9-20(26)10-8-19/h7-10,16-17,21,29H,11-15H2,1-6H3/t21-,35?/m0/s1. The zero-order chi connectivity index (χ0) is 25.8. The van der Waals surface area contributed by atoms with Crippen LogP contribution in [0.15, 0.2) is 36.7 Å². The monoisotopic (exact) mass is 505 g/mol. The van der Waals surface area contributed by atoms with E-state index in [-0.39, 0.29) is 18.0 Å². The first-order valence-electron chi connectivity index (χ1n) is 11.8. The Hall–Kier alpha value is -2.43. The molecule has 2 atom stereocenters. The van der Waals surface area contributed by atoms with Gasteiger partial charge in [-0.2, -0.15) is 0 Å². The predicted molar refractivity (Wildman–Crippen MR) is 136 cm³/mol. The molecule has 0 saturated carbocycles. The van der Waals surface area contributed by atoms with E-state index in [0.29, 0.717) is 38.5 Å². The van der Waals surface area contributed by atoms with Crippen LogP contribution in [0.3, 0.4) is 0 Å². The minimum Gasteiger partial charge on any atom is -0.598 e. The highest BCUT2D eigenvalue weighted by molar-refractivity contribution is 7.90. The van der Waals surface area contributed by atoms with Crippen LogP contribution in [0.2, 0.25) is 0 Å². The third kappa shape index (κ3) is 8.05. The Morgan fingerprint density at radius 2 is 1.66 bits per heavy atom. The maximum absolute atomic E-state index is 13.5. The van der Waals surface area contributed by atoms with Gasteiger partial charge in [0.25, 0.3) is 0 Å². The molecule has 1 aromatic heterocycles. The Morgan fingerprint density at radius 1 is 1.09 bits per heavy atom. The molecule has 2 aromatic rings. The Kier molecular flexibility index (Phi) is 8.61. The molecule has 1 aliphatic rings. The molecule has 0 radical (unpaired) electrons. The molecule has 1 amide bonds. The van der Waals surface area contributed by atoms with Gasteiger partial charge in [-0.1, -0.05) is 12.1 Å². The summed E-state index contributed by atoms with van der Waals surface area (Å²) in [5, 5.41) is 0. The van der Waals surface area contributed by atoms with Crippen molar-refractivity contribution in [3.8, 4) is 0 Å². The number of carbonyl (C=O) groups is 1. The van der Waals surface area contributed by atoms with E-state index in [1.165, 1.54) is 12.1 Å².